The zero-order valence-corrected chi connectivity index (χ0v) is 19.8. The topological polar surface area (TPSA) is 66.2 Å². The molecule has 0 aliphatic rings. The molecule has 0 saturated carbocycles. The lowest BCUT2D eigenvalue weighted by Crippen LogP contribution is -2.21. The molecule has 5 heteroatoms. The fourth-order valence-corrected chi connectivity index (χ4v) is 4.39. The van der Waals surface area contributed by atoms with Crippen molar-refractivity contribution in [2.75, 3.05) is 18.5 Å². The van der Waals surface area contributed by atoms with Crippen LogP contribution in [0.15, 0.2) is 91.1 Å². The van der Waals surface area contributed by atoms with E-state index in [1.54, 1.807) is 0 Å². The van der Waals surface area contributed by atoms with E-state index in [0.717, 1.165) is 51.8 Å². The summed E-state index contributed by atoms with van der Waals surface area (Å²) in [7, 11) is 0. The number of nitrogens with one attached hydrogen (secondary N) is 3. The molecule has 0 bridgehead atoms. The van der Waals surface area contributed by atoms with E-state index >= 15 is 0 Å². The molecule has 0 unspecified atom stereocenters. The number of para-hydroxylation sites is 1. The number of hydrogen-bond donors (Lipinski definition) is 3. The lowest BCUT2D eigenvalue weighted by molar-refractivity contribution is -0.118. The summed E-state index contributed by atoms with van der Waals surface area (Å²) in [6.07, 6.45) is 3.01. The molecule has 0 aliphatic heterocycles. The van der Waals surface area contributed by atoms with Crippen LogP contribution in [0.1, 0.15) is 16.7 Å². The number of hydrogen-bond acceptors (Lipinski definition) is 3. The third-order valence-corrected chi connectivity index (χ3v) is 6.24. The van der Waals surface area contributed by atoms with Gasteiger partial charge in [0.25, 0.3) is 5.91 Å². The van der Waals surface area contributed by atoms with Crippen LogP contribution in [-0.4, -0.2) is 24.0 Å². The maximum Gasteiger partial charge on any atom is 0.262 e. The van der Waals surface area contributed by atoms with Gasteiger partial charge in [0.15, 0.2) is 6.61 Å². The third-order valence-electron chi connectivity index (χ3n) is 6.24. The van der Waals surface area contributed by atoms with E-state index in [1.807, 2.05) is 61.5 Å². The second-order valence-electron chi connectivity index (χ2n) is 8.75. The van der Waals surface area contributed by atoms with E-state index in [-0.39, 0.29) is 12.5 Å². The molecule has 4 aromatic carbocycles. The van der Waals surface area contributed by atoms with E-state index < -0.39 is 0 Å². The minimum atomic E-state index is -0.180. The van der Waals surface area contributed by atoms with Gasteiger partial charge in [-0.1, -0.05) is 66.2 Å². The number of aromatic amines is 1. The van der Waals surface area contributed by atoms with Gasteiger partial charge in [-0.3, -0.25) is 4.79 Å². The summed E-state index contributed by atoms with van der Waals surface area (Å²) < 4.78 is 6.01. The van der Waals surface area contributed by atoms with E-state index in [1.165, 1.54) is 10.9 Å². The molecule has 5 nitrogen and oxygen atoms in total. The van der Waals surface area contributed by atoms with Gasteiger partial charge in [-0.05, 0) is 60.5 Å². The molecule has 5 rings (SSSR count). The van der Waals surface area contributed by atoms with E-state index in [4.69, 9.17) is 4.74 Å². The highest BCUT2D eigenvalue weighted by Crippen LogP contribution is 2.28. The van der Waals surface area contributed by atoms with Gasteiger partial charge in [0.2, 0.25) is 0 Å². The molecular weight excluding hydrogens is 434 g/mol. The minimum Gasteiger partial charge on any atom is -0.483 e. The van der Waals surface area contributed by atoms with E-state index in [2.05, 4.69) is 52.1 Å². The molecule has 176 valence electrons. The Morgan fingerprint density at radius 3 is 2.51 bits per heavy atom. The van der Waals surface area contributed by atoms with Crippen LogP contribution < -0.4 is 15.4 Å². The molecule has 0 aliphatic carbocycles. The molecule has 1 aromatic heterocycles. The summed E-state index contributed by atoms with van der Waals surface area (Å²) >= 11 is 0. The van der Waals surface area contributed by atoms with Crippen molar-refractivity contribution >= 4 is 33.3 Å². The molecule has 0 saturated heterocycles. The first-order valence-electron chi connectivity index (χ1n) is 11.9. The molecule has 3 N–H and O–H groups in total. The van der Waals surface area contributed by atoms with Crippen molar-refractivity contribution < 1.29 is 9.53 Å². The Bertz CT molecular complexity index is 1450. The molecule has 1 amide bonds. The zero-order valence-electron chi connectivity index (χ0n) is 19.8. The number of amides is 1. The lowest BCUT2D eigenvalue weighted by Gasteiger charge is -2.15. The number of H-pyrrole nitrogens is 1. The van der Waals surface area contributed by atoms with E-state index in [9.17, 15) is 4.79 Å². The van der Waals surface area contributed by atoms with Crippen LogP contribution in [0.5, 0.6) is 5.75 Å². The van der Waals surface area contributed by atoms with Crippen LogP contribution in [-0.2, 0) is 17.8 Å². The fraction of sp³-hybridized carbons (Fsp3) is 0.167. The highest BCUT2D eigenvalue weighted by atomic mass is 16.5. The number of ether oxygens (including phenoxy) is 1. The number of carbonyl (C=O) groups excluding carboxylic acids is 1. The number of carbonyl (C=O) groups is 1. The lowest BCUT2D eigenvalue weighted by atomic mass is 10.0. The quantitative estimate of drug-likeness (QED) is 0.236. The number of aryl methyl sites for hydroxylation is 1. The number of rotatable bonds is 9. The largest absolute Gasteiger partial charge is 0.483 e. The molecular formula is C30H29N3O2. The number of benzene rings is 4. The number of fused-ring (bicyclic) bond motifs is 2. The summed E-state index contributed by atoms with van der Waals surface area (Å²) in [5, 5.41) is 10.0. The van der Waals surface area contributed by atoms with Gasteiger partial charge in [-0.15, -0.1) is 0 Å². The SMILES string of the molecule is Cc1ccc(NC(=O)COc2ccc3ccccc3c2CNCCc2c[nH]c3ccccc23)cc1. The Hall–Kier alpha value is -4.09. The highest BCUT2D eigenvalue weighted by molar-refractivity contribution is 5.92. The Balaban J connectivity index is 1.25. The van der Waals surface area contributed by atoms with Crippen molar-refractivity contribution in [3.8, 4) is 5.75 Å². The Morgan fingerprint density at radius 1 is 0.886 bits per heavy atom. The summed E-state index contributed by atoms with van der Waals surface area (Å²) in [6, 6.07) is 28.4. The molecule has 35 heavy (non-hydrogen) atoms. The first-order chi connectivity index (χ1) is 17.2. The summed E-state index contributed by atoms with van der Waals surface area (Å²) in [5.41, 5.74) is 5.44. The normalized spacial score (nSPS) is 11.1. The minimum absolute atomic E-state index is 0.0471. The van der Waals surface area contributed by atoms with Gasteiger partial charge in [-0.25, -0.2) is 0 Å². The summed E-state index contributed by atoms with van der Waals surface area (Å²) in [5.74, 6) is 0.544. The van der Waals surface area contributed by atoms with E-state index in [0.29, 0.717) is 6.54 Å². The van der Waals surface area contributed by atoms with Crippen LogP contribution in [0.4, 0.5) is 5.69 Å². The first kappa shape index (κ1) is 22.7. The maximum atomic E-state index is 12.5. The molecule has 5 aromatic rings. The van der Waals surface area contributed by atoms with Gasteiger partial charge in [0, 0.05) is 34.9 Å². The van der Waals surface area contributed by atoms with Crippen molar-refractivity contribution in [3.05, 3.63) is 108 Å². The average Bonchev–Trinajstić information content (AvgIpc) is 3.30. The van der Waals surface area contributed by atoms with Crippen molar-refractivity contribution in [2.24, 2.45) is 0 Å². The van der Waals surface area contributed by atoms with Gasteiger partial charge >= 0.3 is 0 Å². The van der Waals surface area contributed by atoms with Crippen LogP contribution in [0.2, 0.25) is 0 Å². The van der Waals surface area contributed by atoms with Gasteiger partial charge in [0.1, 0.15) is 5.75 Å². The molecule has 0 fully saturated rings. The first-order valence-corrected chi connectivity index (χ1v) is 11.9. The van der Waals surface area contributed by atoms with Crippen molar-refractivity contribution in [1.82, 2.24) is 10.3 Å². The second kappa shape index (κ2) is 10.5. The molecule has 0 spiro atoms. The van der Waals surface area contributed by atoms with Crippen molar-refractivity contribution in [1.29, 1.82) is 0 Å². The van der Waals surface area contributed by atoms with Crippen LogP contribution >= 0.6 is 0 Å². The standard InChI is InChI=1S/C30H29N3O2/c1-21-10-13-24(14-11-21)33-30(34)20-35-29-15-12-22-6-2-3-7-25(22)27(29)19-31-17-16-23-18-32-28-9-5-4-8-26(23)28/h2-15,18,31-32H,16-17,19-20H2,1H3,(H,33,34). The van der Waals surface area contributed by atoms with Gasteiger partial charge in [-0.2, -0.15) is 0 Å². The monoisotopic (exact) mass is 463 g/mol. The second-order valence-corrected chi connectivity index (χ2v) is 8.75. The predicted molar refractivity (Wildman–Crippen MR) is 143 cm³/mol. The predicted octanol–water partition coefficient (Wildman–Crippen LogP) is 5.98. The van der Waals surface area contributed by atoms with Gasteiger partial charge < -0.3 is 20.4 Å². The van der Waals surface area contributed by atoms with Gasteiger partial charge in [0.05, 0.1) is 0 Å². The van der Waals surface area contributed by atoms with Crippen molar-refractivity contribution in [3.63, 3.8) is 0 Å². The zero-order chi connectivity index (χ0) is 24.0. The molecule has 0 atom stereocenters. The number of aromatic nitrogens is 1. The summed E-state index contributed by atoms with van der Waals surface area (Å²) in [4.78, 5) is 15.8. The number of anilines is 1. The molecule has 1 heterocycles. The molecule has 0 radical (unpaired) electrons. The fourth-order valence-electron chi connectivity index (χ4n) is 4.39. The Morgan fingerprint density at radius 2 is 1.66 bits per heavy atom. The Kier molecular flexibility index (Phi) is 6.77. The average molecular weight is 464 g/mol. The van der Waals surface area contributed by atoms with Crippen LogP contribution in [0.25, 0.3) is 21.7 Å². The van der Waals surface area contributed by atoms with Crippen LogP contribution in [0, 0.1) is 6.92 Å². The van der Waals surface area contributed by atoms with Crippen molar-refractivity contribution in [2.45, 2.75) is 19.9 Å². The third kappa shape index (κ3) is 5.36. The summed E-state index contributed by atoms with van der Waals surface area (Å²) in [6.45, 7) is 3.45. The highest BCUT2D eigenvalue weighted by Gasteiger charge is 2.11. The van der Waals surface area contributed by atoms with Crippen LogP contribution in [0.3, 0.4) is 0 Å². The smallest absolute Gasteiger partial charge is 0.262 e. The maximum absolute atomic E-state index is 12.5. The Labute approximate surface area is 205 Å².